The Morgan fingerprint density at radius 2 is 1.73 bits per heavy atom. The number of hydrogen-bond donors (Lipinski definition) is 1. The van der Waals surface area contributed by atoms with E-state index in [2.05, 4.69) is 15.5 Å². The van der Waals surface area contributed by atoms with E-state index in [1.807, 2.05) is 6.92 Å². The van der Waals surface area contributed by atoms with Gasteiger partial charge in [-0.1, -0.05) is 23.2 Å². The third-order valence-corrected chi connectivity index (χ3v) is 4.92. The largest absolute Gasteiger partial charge is 0.497 e. The summed E-state index contributed by atoms with van der Waals surface area (Å²) in [6.45, 7) is 5.52. The van der Waals surface area contributed by atoms with Crippen molar-refractivity contribution in [2.24, 2.45) is 10.2 Å². The van der Waals surface area contributed by atoms with Gasteiger partial charge in [-0.15, -0.1) is 5.11 Å². The van der Waals surface area contributed by atoms with Crippen molar-refractivity contribution in [2.75, 3.05) is 32.8 Å². The Balaban J connectivity index is 2.36. The molecule has 11 heteroatoms. The van der Waals surface area contributed by atoms with E-state index in [1.54, 1.807) is 25.1 Å². The number of carbonyl (C=O) groups excluding carboxylic acids is 2. The number of amides is 1. The molecule has 9 nitrogen and oxygen atoms in total. The number of carbonyl (C=O) groups is 2. The van der Waals surface area contributed by atoms with Gasteiger partial charge in [-0.05, 0) is 32.9 Å². The van der Waals surface area contributed by atoms with Gasteiger partial charge in [-0.25, -0.2) is 0 Å². The highest BCUT2D eigenvalue weighted by Crippen LogP contribution is 2.41. The lowest BCUT2D eigenvalue weighted by Gasteiger charge is -2.17. The molecule has 1 amide bonds. The Labute approximate surface area is 202 Å². The minimum absolute atomic E-state index is 0.151. The molecule has 0 aliphatic heterocycles. The third kappa shape index (κ3) is 6.49. The van der Waals surface area contributed by atoms with Crippen LogP contribution in [0.25, 0.3) is 0 Å². The van der Waals surface area contributed by atoms with Crippen LogP contribution in [0, 0.1) is 0 Å². The number of benzene rings is 2. The van der Waals surface area contributed by atoms with Gasteiger partial charge >= 0.3 is 0 Å². The smallest absolute Gasteiger partial charge is 0.258 e. The van der Waals surface area contributed by atoms with Gasteiger partial charge in [0.1, 0.15) is 22.2 Å². The molecule has 2 aromatic carbocycles. The average Bonchev–Trinajstić information content (AvgIpc) is 2.78. The fourth-order valence-corrected chi connectivity index (χ4v) is 3.26. The van der Waals surface area contributed by atoms with Crippen molar-refractivity contribution in [3.63, 3.8) is 0 Å². The van der Waals surface area contributed by atoms with Crippen LogP contribution in [0.15, 0.2) is 34.5 Å². The molecule has 0 aliphatic carbocycles. The lowest BCUT2D eigenvalue weighted by molar-refractivity contribution is -0.126. The van der Waals surface area contributed by atoms with E-state index in [0.29, 0.717) is 24.7 Å². The van der Waals surface area contributed by atoms with E-state index >= 15 is 0 Å². The number of methoxy groups -OCH3 is 2. The summed E-state index contributed by atoms with van der Waals surface area (Å²) < 4.78 is 21.4. The normalized spacial score (nSPS) is 11.7. The van der Waals surface area contributed by atoms with E-state index in [0.717, 1.165) is 0 Å². The van der Waals surface area contributed by atoms with Gasteiger partial charge in [0.25, 0.3) is 5.91 Å². The van der Waals surface area contributed by atoms with Crippen LogP contribution in [0.2, 0.25) is 10.0 Å². The van der Waals surface area contributed by atoms with Gasteiger partial charge in [0.15, 0.2) is 17.3 Å². The minimum Gasteiger partial charge on any atom is -0.497 e. The molecular weight excluding hydrogens is 473 g/mol. The van der Waals surface area contributed by atoms with Gasteiger partial charge < -0.3 is 24.3 Å². The van der Waals surface area contributed by atoms with Crippen molar-refractivity contribution in [1.29, 1.82) is 0 Å². The summed E-state index contributed by atoms with van der Waals surface area (Å²) in [4.78, 5) is 25.1. The van der Waals surface area contributed by atoms with Crippen molar-refractivity contribution < 1.29 is 28.5 Å². The van der Waals surface area contributed by atoms with Crippen LogP contribution in [0.5, 0.6) is 23.0 Å². The second-order valence-corrected chi connectivity index (χ2v) is 7.28. The average molecular weight is 498 g/mol. The number of ketones is 1. The Morgan fingerprint density at radius 1 is 1.03 bits per heavy atom. The Kier molecular flexibility index (Phi) is 9.74. The molecule has 1 unspecified atom stereocenters. The maximum Gasteiger partial charge on any atom is 0.258 e. The molecule has 0 bridgehead atoms. The number of ether oxygens (including phenoxy) is 4. The molecule has 0 fully saturated rings. The van der Waals surface area contributed by atoms with Crippen molar-refractivity contribution in [1.82, 2.24) is 0 Å². The molecule has 1 N–H and O–H groups in total. The number of Topliss-reactive ketones (excluding diaryl/α,β-unsaturated/α-hetero) is 1. The third-order valence-electron chi connectivity index (χ3n) is 4.27. The van der Waals surface area contributed by atoms with Crippen LogP contribution in [0.1, 0.15) is 20.8 Å². The van der Waals surface area contributed by atoms with Crippen LogP contribution in [0.4, 0.5) is 11.4 Å². The van der Waals surface area contributed by atoms with E-state index in [4.69, 9.17) is 42.1 Å². The molecule has 0 aliphatic rings. The first-order chi connectivity index (χ1) is 15.8. The highest BCUT2D eigenvalue weighted by atomic mass is 35.5. The number of nitrogens with one attached hydrogen (secondary N) is 1. The summed E-state index contributed by atoms with van der Waals surface area (Å²) in [6, 6.07) is 4.78. The first-order valence-corrected chi connectivity index (χ1v) is 10.7. The Morgan fingerprint density at radius 3 is 2.30 bits per heavy atom. The molecule has 0 saturated carbocycles. The van der Waals surface area contributed by atoms with Gasteiger partial charge in [0.2, 0.25) is 6.04 Å². The summed E-state index contributed by atoms with van der Waals surface area (Å²) in [5.74, 6) is 0.0864. The van der Waals surface area contributed by atoms with E-state index in [1.165, 1.54) is 27.2 Å². The maximum absolute atomic E-state index is 12.9. The van der Waals surface area contributed by atoms with E-state index < -0.39 is 17.7 Å². The van der Waals surface area contributed by atoms with Gasteiger partial charge in [-0.2, -0.15) is 5.11 Å². The fourth-order valence-electron chi connectivity index (χ4n) is 2.74. The van der Waals surface area contributed by atoms with Crippen LogP contribution in [-0.2, 0) is 9.59 Å². The molecule has 0 radical (unpaired) electrons. The number of anilines is 1. The molecular formula is C22H25Cl2N3O6. The molecule has 1 atom stereocenters. The molecule has 2 aromatic rings. The number of azo groups is 1. The lowest BCUT2D eigenvalue weighted by atomic mass is 10.2. The molecule has 2 rings (SSSR count). The van der Waals surface area contributed by atoms with Crippen molar-refractivity contribution in [3.05, 3.63) is 34.3 Å². The molecule has 178 valence electrons. The predicted molar refractivity (Wildman–Crippen MR) is 126 cm³/mol. The Hall–Kier alpha value is -3.04. The fraction of sp³-hybridized carbons (Fsp3) is 0.364. The molecule has 0 saturated heterocycles. The predicted octanol–water partition coefficient (Wildman–Crippen LogP) is 5.49. The van der Waals surface area contributed by atoms with Crippen LogP contribution >= 0.6 is 23.2 Å². The van der Waals surface area contributed by atoms with Crippen molar-refractivity contribution >= 4 is 46.3 Å². The second kappa shape index (κ2) is 12.3. The number of hydrogen-bond acceptors (Lipinski definition) is 8. The summed E-state index contributed by atoms with van der Waals surface area (Å²) in [5, 5.41) is 10.9. The van der Waals surface area contributed by atoms with Crippen LogP contribution in [0.3, 0.4) is 0 Å². The van der Waals surface area contributed by atoms with Crippen molar-refractivity contribution in [3.8, 4) is 23.0 Å². The first kappa shape index (κ1) is 26.2. The molecule has 0 heterocycles. The van der Waals surface area contributed by atoms with Gasteiger partial charge in [-0.3, -0.25) is 9.59 Å². The zero-order chi connectivity index (χ0) is 24.5. The molecule has 33 heavy (non-hydrogen) atoms. The zero-order valence-electron chi connectivity index (χ0n) is 18.9. The molecule has 0 spiro atoms. The van der Waals surface area contributed by atoms with Crippen LogP contribution < -0.4 is 24.3 Å². The zero-order valence-corrected chi connectivity index (χ0v) is 20.4. The Bertz CT molecular complexity index is 1050. The standard InChI is InChI=1S/C22H25Cl2N3O6/c1-6-32-16-9-8-15(21(18(16)24)33-7-2)25-22(29)19(12(3)28)26-27-20-14(23)10-13(30-4)11-17(20)31-5/h8-11,19H,6-7H2,1-5H3,(H,25,29). The second-order valence-electron chi connectivity index (χ2n) is 6.50. The highest BCUT2D eigenvalue weighted by Gasteiger charge is 2.26. The van der Waals surface area contributed by atoms with E-state index in [-0.39, 0.29) is 32.9 Å². The molecule has 0 aromatic heterocycles. The van der Waals surface area contributed by atoms with Crippen molar-refractivity contribution in [2.45, 2.75) is 26.8 Å². The minimum atomic E-state index is -1.45. The first-order valence-electron chi connectivity index (χ1n) is 9.99. The monoisotopic (exact) mass is 497 g/mol. The maximum atomic E-state index is 12.9. The van der Waals surface area contributed by atoms with Gasteiger partial charge in [0.05, 0.1) is 38.1 Å². The highest BCUT2D eigenvalue weighted by molar-refractivity contribution is 6.34. The number of rotatable bonds is 11. The summed E-state index contributed by atoms with van der Waals surface area (Å²) in [5.41, 5.74) is 0.412. The van der Waals surface area contributed by atoms with Gasteiger partial charge in [0, 0.05) is 12.1 Å². The lowest BCUT2D eigenvalue weighted by Crippen LogP contribution is -2.32. The number of nitrogens with zero attached hydrogens (tertiary/aromatic N) is 2. The quantitative estimate of drug-likeness (QED) is 0.324. The van der Waals surface area contributed by atoms with E-state index in [9.17, 15) is 9.59 Å². The summed E-state index contributed by atoms with van der Waals surface area (Å²) >= 11 is 12.6. The van der Waals surface area contributed by atoms with Crippen LogP contribution in [-0.4, -0.2) is 45.2 Å². The summed E-state index contributed by atoms with van der Waals surface area (Å²) in [6.07, 6.45) is 0. The topological polar surface area (TPSA) is 108 Å². The summed E-state index contributed by atoms with van der Waals surface area (Å²) in [7, 11) is 2.90. The SMILES string of the molecule is CCOc1ccc(NC(=O)C(N=Nc2c(Cl)cc(OC)cc2OC)C(C)=O)c(OCC)c1Cl. The number of halogens is 2.